The standard InChI is InChI=1S/C69H73N/c1-66(2,3)55-39-52(38-53(40-55)54-41-56(67(4,5)6)44-57(42-54)68(7,8)9)49-26-19-25-48(36-49)50-27-21-29-58(43-50)70(59-34-35-62-61-31-15-17-32-63(61)69(10,11)64(62)45-59)65-33-18-16-30-60(65)51-28-20-24-47(37-51)46-22-13-12-14-23-46/h15-21,24-46H,12-14,22-23H2,1-11H3. The van der Waals surface area contributed by atoms with E-state index in [9.17, 15) is 0 Å². The third-order valence-electron chi connectivity index (χ3n) is 15.7. The van der Waals surface area contributed by atoms with Gasteiger partial charge in [-0.2, -0.15) is 0 Å². The van der Waals surface area contributed by atoms with Crippen molar-refractivity contribution in [3.63, 3.8) is 0 Å². The van der Waals surface area contributed by atoms with Gasteiger partial charge in [-0.3, -0.25) is 0 Å². The first-order valence-electron chi connectivity index (χ1n) is 26.1. The summed E-state index contributed by atoms with van der Waals surface area (Å²) in [5, 5.41) is 0. The Morgan fingerprint density at radius 1 is 0.371 bits per heavy atom. The molecule has 0 unspecified atom stereocenters. The normalized spacial score (nSPS) is 14.8. The highest BCUT2D eigenvalue weighted by Crippen LogP contribution is 2.52. The van der Waals surface area contributed by atoms with Crippen LogP contribution >= 0.6 is 0 Å². The van der Waals surface area contributed by atoms with Gasteiger partial charge in [-0.1, -0.05) is 229 Å². The quantitative estimate of drug-likeness (QED) is 0.147. The van der Waals surface area contributed by atoms with Gasteiger partial charge in [0.1, 0.15) is 0 Å². The van der Waals surface area contributed by atoms with Gasteiger partial charge in [-0.25, -0.2) is 0 Å². The van der Waals surface area contributed by atoms with Gasteiger partial charge in [0.2, 0.25) is 0 Å². The zero-order chi connectivity index (χ0) is 49.2. The zero-order valence-corrected chi connectivity index (χ0v) is 43.8. The van der Waals surface area contributed by atoms with E-state index in [1.54, 1.807) is 0 Å². The number of para-hydroxylation sites is 1. The molecule has 0 spiro atoms. The molecule has 70 heavy (non-hydrogen) atoms. The first-order chi connectivity index (χ1) is 33.3. The summed E-state index contributed by atoms with van der Waals surface area (Å²) >= 11 is 0. The molecule has 0 amide bonds. The van der Waals surface area contributed by atoms with Crippen molar-refractivity contribution in [1.82, 2.24) is 0 Å². The van der Waals surface area contributed by atoms with Crippen LogP contribution in [0.1, 0.15) is 148 Å². The largest absolute Gasteiger partial charge is 0.310 e. The van der Waals surface area contributed by atoms with Crippen molar-refractivity contribution < 1.29 is 0 Å². The van der Waals surface area contributed by atoms with Crippen LogP contribution in [0.5, 0.6) is 0 Å². The summed E-state index contributed by atoms with van der Waals surface area (Å²) in [5.74, 6) is 0.633. The van der Waals surface area contributed by atoms with E-state index in [1.165, 1.54) is 127 Å². The summed E-state index contributed by atoms with van der Waals surface area (Å²) < 4.78 is 0. The van der Waals surface area contributed by atoms with Crippen LogP contribution in [-0.4, -0.2) is 0 Å². The molecule has 0 aliphatic heterocycles. The minimum Gasteiger partial charge on any atom is -0.310 e. The maximum atomic E-state index is 2.52. The summed E-state index contributed by atoms with van der Waals surface area (Å²) in [4.78, 5) is 2.52. The van der Waals surface area contributed by atoms with Crippen molar-refractivity contribution in [3.8, 4) is 55.6 Å². The van der Waals surface area contributed by atoms with E-state index in [0.29, 0.717) is 5.92 Å². The first kappa shape index (κ1) is 47.2. The topological polar surface area (TPSA) is 3.24 Å². The summed E-state index contributed by atoms with van der Waals surface area (Å²) in [7, 11) is 0. The molecule has 0 radical (unpaired) electrons. The molecule has 8 aromatic carbocycles. The molecule has 1 saturated carbocycles. The second-order valence-electron chi connectivity index (χ2n) is 24.2. The number of anilines is 3. The molecule has 1 heteroatoms. The number of hydrogen-bond donors (Lipinski definition) is 0. The molecule has 2 aliphatic rings. The minimum absolute atomic E-state index is 0.0301. The molecule has 8 aromatic rings. The van der Waals surface area contributed by atoms with Gasteiger partial charge < -0.3 is 4.90 Å². The maximum absolute atomic E-state index is 2.52. The number of rotatable bonds is 8. The van der Waals surface area contributed by atoms with Crippen LogP contribution in [0.3, 0.4) is 0 Å². The van der Waals surface area contributed by atoms with E-state index in [-0.39, 0.29) is 21.7 Å². The Morgan fingerprint density at radius 2 is 0.857 bits per heavy atom. The van der Waals surface area contributed by atoms with Crippen LogP contribution < -0.4 is 4.90 Å². The van der Waals surface area contributed by atoms with Crippen LogP contribution in [0.15, 0.2) is 176 Å². The Balaban J connectivity index is 1.10. The molecule has 0 heterocycles. The van der Waals surface area contributed by atoms with E-state index >= 15 is 0 Å². The molecule has 10 rings (SSSR count). The highest BCUT2D eigenvalue weighted by molar-refractivity contribution is 5.92. The average molecular weight is 916 g/mol. The van der Waals surface area contributed by atoms with Crippen LogP contribution in [0.4, 0.5) is 17.1 Å². The number of hydrogen-bond acceptors (Lipinski definition) is 1. The fourth-order valence-electron chi connectivity index (χ4n) is 11.3. The van der Waals surface area contributed by atoms with Gasteiger partial charge >= 0.3 is 0 Å². The Hall–Kier alpha value is -6.44. The third kappa shape index (κ3) is 9.21. The Bertz CT molecular complexity index is 3190. The summed E-state index contributed by atoms with van der Waals surface area (Å²) in [5.41, 5.74) is 24.3. The van der Waals surface area contributed by atoms with Gasteiger partial charge in [-0.15, -0.1) is 0 Å². The summed E-state index contributed by atoms with van der Waals surface area (Å²) in [6.07, 6.45) is 6.57. The molecule has 0 aromatic heterocycles. The Labute approximate surface area is 420 Å². The monoisotopic (exact) mass is 916 g/mol. The lowest BCUT2D eigenvalue weighted by Gasteiger charge is -2.30. The van der Waals surface area contributed by atoms with Crippen LogP contribution in [0.2, 0.25) is 0 Å². The molecule has 1 nitrogen and oxygen atoms in total. The van der Waals surface area contributed by atoms with Crippen molar-refractivity contribution in [2.24, 2.45) is 0 Å². The summed E-state index contributed by atoms with van der Waals surface area (Å²) in [6, 6.07) is 67.7. The average Bonchev–Trinajstić information content (AvgIpc) is 3.58. The van der Waals surface area contributed by atoms with E-state index in [1.807, 2.05) is 0 Å². The van der Waals surface area contributed by atoms with E-state index in [4.69, 9.17) is 0 Å². The zero-order valence-electron chi connectivity index (χ0n) is 43.8. The number of benzene rings is 8. The molecule has 0 atom stereocenters. The van der Waals surface area contributed by atoms with Gasteiger partial charge in [-0.05, 0) is 161 Å². The third-order valence-corrected chi connectivity index (χ3v) is 15.7. The lowest BCUT2D eigenvalue weighted by atomic mass is 9.78. The van der Waals surface area contributed by atoms with Gasteiger partial charge in [0, 0.05) is 22.4 Å². The van der Waals surface area contributed by atoms with Crippen molar-refractivity contribution in [2.45, 2.75) is 136 Å². The van der Waals surface area contributed by atoms with E-state index in [2.05, 4.69) is 257 Å². The Kier molecular flexibility index (Phi) is 12.2. The number of fused-ring (bicyclic) bond motifs is 3. The molecule has 2 aliphatic carbocycles. The van der Waals surface area contributed by atoms with Gasteiger partial charge in [0.25, 0.3) is 0 Å². The second kappa shape index (κ2) is 18.1. The summed E-state index contributed by atoms with van der Waals surface area (Å²) in [6.45, 7) is 25.8. The maximum Gasteiger partial charge on any atom is 0.0540 e. The number of nitrogens with zero attached hydrogens (tertiary/aromatic N) is 1. The second-order valence-corrected chi connectivity index (χ2v) is 24.2. The minimum atomic E-state index is -0.127. The SMILES string of the molecule is CC(C)(C)c1cc(-c2cccc(-c3cccc(N(c4ccc5c(c4)C(C)(C)c4ccccc4-5)c4ccccc4-c4cccc(C5CCCCC5)c4)c3)c2)cc(-c2cc(C(C)(C)C)cc(C(C)(C)C)c2)c1. The van der Waals surface area contributed by atoms with Gasteiger partial charge in [0.05, 0.1) is 5.69 Å². The van der Waals surface area contributed by atoms with Crippen molar-refractivity contribution in [1.29, 1.82) is 0 Å². The predicted molar refractivity (Wildman–Crippen MR) is 302 cm³/mol. The molecule has 0 saturated heterocycles. The molecule has 354 valence electrons. The van der Waals surface area contributed by atoms with Crippen molar-refractivity contribution in [3.05, 3.63) is 209 Å². The first-order valence-corrected chi connectivity index (χ1v) is 26.1. The molecule has 0 N–H and O–H groups in total. The smallest absolute Gasteiger partial charge is 0.0540 e. The van der Waals surface area contributed by atoms with E-state index in [0.717, 1.165) is 11.4 Å². The van der Waals surface area contributed by atoms with Gasteiger partial charge in [0.15, 0.2) is 0 Å². The fourth-order valence-corrected chi connectivity index (χ4v) is 11.3. The molecular weight excluding hydrogens is 843 g/mol. The highest BCUT2D eigenvalue weighted by Gasteiger charge is 2.36. The molecule has 0 bridgehead atoms. The molecular formula is C69H73N. The predicted octanol–water partition coefficient (Wildman–Crippen LogP) is 20.1. The lowest BCUT2D eigenvalue weighted by molar-refractivity contribution is 0.444. The van der Waals surface area contributed by atoms with Crippen LogP contribution in [0.25, 0.3) is 55.6 Å². The van der Waals surface area contributed by atoms with Crippen molar-refractivity contribution >= 4 is 17.1 Å². The van der Waals surface area contributed by atoms with Crippen LogP contribution in [-0.2, 0) is 21.7 Å². The highest BCUT2D eigenvalue weighted by atomic mass is 15.1. The van der Waals surface area contributed by atoms with E-state index < -0.39 is 0 Å². The van der Waals surface area contributed by atoms with Crippen molar-refractivity contribution in [2.75, 3.05) is 4.90 Å². The lowest BCUT2D eigenvalue weighted by Crippen LogP contribution is -2.17. The molecule has 1 fully saturated rings. The van der Waals surface area contributed by atoms with Crippen LogP contribution in [0, 0.1) is 0 Å². The fraction of sp³-hybridized carbons (Fsp3) is 0.304. The Morgan fingerprint density at radius 3 is 1.53 bits per heavy atom.